The molecule has 2 heterocycles. The van der Waals surface area contributed by atoms with Gasteiger partial charge in [-0.15, -0.1) is 0 Å². The minimum absolute atomic E-state index is 0.0792. The van der Waals surface area contributed by atoms with E-state index in [0.29, 0.717) is 19.0 Å². The van der Waals surface area contributed by atoms with Crippen molar-refractivity contribution in [3.63, 3.8) is 0 Å². The van der Waals surface area contributed by atoms with Crippen LogP contribution in [0, 0.1) is 0 Å². The summed E-state index contributed by atoms with van der Waals surface area (Å²) in [5.41, 5.74) is 0.405. The van der Waals surface area contributed by atoms with Gasteiger partial charge in [-0.3, -0.25) is 9.36 Å². The first-order valence-corrected chi connectivity index (χ1v) is 9.02. The van der Waals surface area contributed by atoms with E-state index in [4.69, 9.17) is 9.47 Å². The van der Waals surface area contributed by atoms with E-state index in [1.807, 2.05) is 35.2 Å². The smallest absolute Gasteiger partial charge is 0.361 e. The van der Waals surface area contributed by atoms with E-state index in [0.717, 1.165) is 18.7 Å². The first-order valence-electron chi connectivity index (χ1n) is 9.02. The van der Waals surface area contributed by atoms with Crippen LogP contribution in [-0.4, -0.2) is 48.3 Å². The Morgan fingerprint density at radius 2 is 1.93 bits per heavy atom. The quantitative estimate of drug-likeness (QED) is 0.756. The summed E-state index contributed by atoms with van der Waals surface area (Å²) in [5.74, 6) is -0.301. The molecule has 0 saturated carbocycles. The Morgan fingerprint density at radius 1 is 1.22 bits per heavy atom. The molecule has 3 rings (SSSR count). The van der Waals surface area contributed by atoms with Gasteiger partial charge in [-0.25, -0.2) is 9.78 Å². The number of aromatic nitrogens is 2. The zero-order chi connectivity index (χ0) is 19.2. The Bertz CT molecular complexity index is 845. The van der Waals surface area contributed by atoms with Gasteiger partial charge in [0.15, 0.2) is 5.69 Å². The average Bonchev–Trinajstić information content (AvgIpc) is 2.70. The van der Waals surface area contributed by atoms with Crippen molar-refractivity contribution in [1.82, 2.24) is 14.9 Å². The lowest BCUT2D eigenvalue weighted by Crippen LogP contribution is -2.46. The Morgan fingerprint density at radius 3 is 2.59 bits per heavy atom. The molecule has 0 aliphatic carbocycles. The number of benzene rings is 1. The molecule has 0 radical (unpaired) electrons. The summed E-state index contributed by atoms with van der Waals surface area (Å²) < 4.78 is 12.2. The molecule has 8 nitrogen and oxygen atoms in total. The molecule has 144 valence electrons. The minimum Gasteiger partial charge on any atom is -0.481 e. The van der Waals surface area contributed by atoms with Crippen LogP contribution in [-0.2, 0) is 18.4 Å². The lowest BCUT2D eigenvalue weighted by Gasteiger charge is -2.29. The van der Waals surface area contributed by atoms with Crippen molar-refractivity contribution >= 4 is 11.9 Å². The van der Waals surface area contributed by atoms with E-state index >= 15 is 0 Å². The SMILES string of the molecule is CCOC(=O)c1nc(N2CCNCC2)n(C)c(=O)c1OCc1ccccc1. The van der Waals surface area contributed by atoms with Gasteiger partial charge in [0, 0.05) is 33.2 Å². The van der Waals surface area contributed by atoms with Crippen molar-refractivity contribution in [2.75, 3.05) is 37.7 Å². The molecule has 0 amide bonds. The molecule has 1 aliphatic heterocycles. The summed E-state index contributed by atoms with van der Waals surface area (Å²) >= 11 is 0. The number of hydrogen-bond donors (Lipinski definition) is 1. The van der Waals surface area contributed by atoms with Crippen LogP contribution in [0.2, 0.25) is 0 Å². The van der Waals surface area contributed by atoms with Gasteiger partial charge in [-0.05, 0) is 12.5 Å². The van der Waals surface area contributed by atoms with Crippen LogP contribution in [0.1, 0.15) is 23.0 Å². The zero-order valence-corrected chi connectivity index (χ0v) is 15.6. The largest absolute Gasteiger partial charge is 0.481 e. The van der Waals surface area contributed by atoms with Gasteiger partial charge in [0.25, 0.3) is 5.56 Å². The second-order valence-corrected chi connectivity index (χ2v) is 6.19. The lowest BCUT2D eigenvalue weighted by atomic mass is 10.2. The number of ether oxygens (including phenoxy) is 2. The van der Waals surface area contributed by atoms with Crippen LogP contribution in [0.15, 0.2) is 35.1 Å². The number of nitrogens with one attached hydrogen (secondary N) is 1. The van der Waals surface area contributed by atoms with Gasteiger partial charge >= 0.3 is 5.97 Å². The maximum absolute atomic E-state index is 12.9. The molecule has 0 bridgehead atoms. The molecule has 1 aromatic carbocycles. The van der Waals surface area contributed by atoms with Crippen molar-refractivity contribution in [3.05, 3.63) is 51.9 Å². The van der Waals surface area contributed by atoms with E-state index < -0.39 is 11.5 Å². The highest BCUT2D eigenvalue weighted by molar-refractivity contribution is 5.90. The monoisotopic (exact) mass is 372 g/mol. The highest BCUT2D eigenvalue weighted by atomic mass is 16.5. The Kier molecular flexibility index (Phi) is 6.08. The van der Waals surface area contributed by atoms with E-state index in [2.05, 4.69) is 10.3 Å². The normalized spacial score (nSPS) is 14.1. The second kappa shape index (κ2) is 8.68. The van der Waals surface area contributed by atoms with Crippen molar-refractivity contribution in [3.8, 4) is 5.75 Å². The Labute approximate surface area is 157 Å². The highest BCUT2D eigenvalue weighted by Crippen LogP contribution is 2.19. The van der Waals surface area contributed by atoms with Gasteiger partial charge in [0.2, 0.25) is 11.7 Å². The fourth-order valence-corrected chi connectivity index (χ4v) is 2.92. The third-order valence-corrected chi connectivity index (χ3v) is 4.32. The van der Waals surface area contributed by atoms with E-state index in [9.17, 15) is 9.59 Å². The first kappa shape index (κ1) is 18.9. The maximum atomic E-state index is 12.9. The summed E-state index contributed by atoms with van der Waals surface area (Å²) in [6.07, 6.45) is 0. The van der Waals surface area contributed by atoms with E-state index in [1.165, 1.54) is 4.57 Å². The second-order valence-electron chi connectivity index (χ2n) is 6.19. The molecule has 1 saturated heterocycles. The number of piperazine rings is 1. The van der Waals surface area contributed by atoms with Crippen LogP contribution in [0.25, 0.3) is 0 Å². The first-order chi connectivity index (χ1) is 13.1. The van der Waals surface area contributed by atoms with Crippen LogP contribution in [0.3, 0.4) is 0 Å². The third-order valence-electron chi connectivity index (χ3n) is 4.32. The summed E-state index contributed by atoms with van der Waals surface area (Å²) in [6, 6.07) is 9.44. The van der Waals surface area contributed by atoms with Crippen LogP contribution < -0.4 is 20.5 Å². The maximum Gasteiger partial charge on any atom is 0.361 e. The van der Waals surface area contributed by atoms with E-state index in [1.54, 1.807) is 14.0 Å². The van der Waals surface area contributed by atoms with Crippen LogP contribution in [0.4, 0.5) is 5.95 Å². The Balaban J connectivity index is 1.98. The number of hydrogen-bond acceptors (Lipinski definition) is 7. The number of carbonyl (C=O) groups is 1. The van der Waals surface area contributed by atoms with Crippen LogP contribution >= 0.6 is 0 Å². The van der Waals surface area contributed by atoms with Gasteiger partial charge in [-0.1, -0.05) is 30.3 Å². The molecule has 0 atom stereocenters. The predicted molar refractivity (Wildman–Crippen MR) is 101 cm³/mol. The zero-order valence-electron chi connectivity index (χ0n) is 15.6. The fourth-order valence-electron chi connectivity index (χ4n) is 2.92. The molecular formula is C19H24N4O4. The predicted octanol–water partition coefficient (Wildman–Crippen LogP) is 0.946. The summed E-state index contributed by atoms with van der Waals surface area (Å²) in [4.78, 5) is 31.8. The standard InChI is InChI=1S/C19H24N4O4/c1-3-26-18(25)15-16(27-13-14-7-5-4-6-8-14)17(24)22(2)19(21-15)23-11-9-20-10-12-23/h4-8,20H,3,9-13H2,1-2H3. The number of nitrogens with zero attached hydrogens (tertiary/aromatic N) is 3. The molecule has 1 aliphatic rings. The molecule has 1 N–H and O–H groups in total. The number of carbonyl (C=O) groups excluding carboxylic acids is 1. The molecule has 0 spiro atoms. The molecule has 8 heteroatoms. The number of rotatable bonds is 6. The van der Waals surface area contributed by atoms with Crippen molar-refractivity contribution in [2.24, 2.45) is 7.05 Å². The van der Waals surface area contributed by atoms with Crippen LogP contribution in [0.5, 0.6) is 5.75 Å². The van der Waals surface area contributed by atoms with Crippen molar-refractivity contribution < 1.29 is 14.3 Å². The molecule has 0 unspecified atom stereocenters. The third kappa shape index (κ3) is 4.28. The van der Waals surface area contributed by atoms with Crippen molar-refractivity contribution in [2.45, 2.75) is 13.5 Å². The van der Waals surface area contributed by atoms with Gasteiger partial charge in [0.1, 0.15) is 6.61 Å². The number of anilines is 1. The minimum atomic E-state index is -0.658. The Hall–Kier alpha value is -2.87. The average molecular weight is 372 g/mol. The van der Waals surface area contributed by atoms with Gasteiger partial charge in [0.05, 0.1) is 6.61 Å². The summed E-state index contributed by atoms with van der Waals surface area (Å²) in [5, 5.41) is 3.25. The van der Waals surface area contributed by atoms with Gasteiger partial charge in [-0.2, -0.15) is 0 Å². The number of esters is 1. The fraction of sp³-hybridized carbons (Fsp3) is 0.421. The van der Waals surface area contributed by atoms with Gasteiger partial charge < -0.3 is 19.7 Å². The molecular weight excluding hydrogens is 348 g/mol. The molecule has 1 aromatic heterocycles. The van der Waals surface area contributed by atoms with E-state index in [-0.39, 0.29) is 24.7 Å². The molecule has 27 heavy (non-hydrogen) atoms. The molecule has 2 aromatic rings. The summed E-state index contributed by atoms with van der Waals surface area (Å²) in [7, 11) is 1.64. The molecule has 1 fully saturated rings. The lowest BCUT2D eigenvalue weighted by molar-refractivity contribution is 0.0513. The topological polar surface area (TPSA) is 85.7 Å². The highest BCUT2D eigenvalue weighted by Gasteiger charge is 2.26. The van der Waals surface area contributed by atoms with Crippen molar-refractivity contribution in [1.29, 1.82) is 0 Å². The summed E-state index contributed by atoms with van der Waals surface area (Å²) in [6.45, 7) is 5.04.